The molecule has 1 N–H and O–H groups in total. The number of hydrogen-bond acceptors (Lipinski definition) is 9. The number of rotatable bonds is 11. The molecule has 0 aliphatic heterocycles. The van der Waals surface area contributed by atoms with Crippen LogP contribution in [0.25, 0.3) is 0 Å². The first-order valence-corrected chi connectivity index (χ1v) is 14.0. The van der Waals surface area contributed by atoms with Crippen LogP contribution in [0, 0.1) is 12.8 Å². The average molecular weight is 523 g/mol. The van der Waals surface area contributed by atoms with Crippen molar-refractivity contribution >= 4 is 45.9 Å². The van der Waals surface area contributed by atoms with Gasteiger partial charge in [-0.3, -0.25) is 4.79 Å². The minimum absolute atomic E-state index is 0.0928. The largest absolute Gasteiger partial charge is 0.462 e. The van der Waals surface area contributed by atoms with Crippen LogP contribution in [-0.2, 0) is 27.2 Å². The lowest BCUT2D eigenvalue weighted by Gasteiger charge is -2.21. The van der Waals surface area contributed by atoms with Gasteiger partial charge in [0.15, 0.2) is 5.16 Å². The lowest BCUT2D eigenvalue weighted by atomic mass is 9.87. The minimum atomic E-state index is -0.585. The van der Waals surface area contributed by atoms with Crippen LogP contribution in [0.2, 0.25) is 0 Å². The molecule has 35 heavy (non-hydrogen) atoms. The van der Waals surface area contributed by atoms with Gasteiger partial charge in [-0.05, 0) is 39.2 Å². The number of nitrogens with zero attached hydrogens (tertiary/aromatic N) is 3. The van der Waals surface area contributed by atoms with E-state index in [0.29, 0.717) is 16.6 Å². The Morgan fingerprint density at radius 2 is 1.74 bits per heavy atom. The van der Waals surface area contributed by atoms with Crippen molar-refractivity contribution in [2.45, 2.75) is 77.9 Å². The van der Waals surface area contributed by atoms with Crippen LogP contribution in [0.3, 0.4) is 0 Å². The van der Waals surface area contributed by atoms with E-state index in [-0.39, 0.29) is 40.3 Å². The van der Waals surface area contributed by atoms with Gasteiger partial charge in [0.2, 0.25) is 5.91 Å². The minimum Gasteiger partial charge on any atom is -0.462 e. The summed E-state index contributed by atoms with van der Waals surface area (Å²) in [4.78, 5) is 38.0. The van der Waals surface area contributed by atoms with Gasteiger partial charge >= 0.3 is 11.9 Å². The van der Waals surface area contributed by atoms with E-state index in [9.17, 15) is 14.4 Å². The van der Waals surface area contributed by atoms with Crippen molar-refractivity contribution in [2.75, 3.05) is 24.3 Å². The maximum Gasteiger partial charge on any atom is 0.348 e. The predicted octanol–water partition coefficient (Wildman–Crippen LogP) is 4.87. The zero-order valence-electron chi connectivity index (χ0n) is 20.8. The van der Waals surface area contributed by atoms with Crippen LogP contribution >= 0.6 is 23.1 Å². The topological polar surface area (TPSA) is 112 Å². The molecule has 0 atom stereocenters. The van der Waals surface area contributed by atoms with E-state index < -0.39 is 11.9 Å². The fourth-order valence-corrected chi connectivity index (χ4v) is 6.20. The van der Waals surface area contributed by atoms with Crippen LogP contribution in [0.4, 0.5) is 5.00 Å². The summed E-state index contributed by atoms with van der Waals surface area (Å²) in [5.41, 5.74) is 0.623. The van der Waals surface area contributed by atoms with Crippen LogP contribution in [0.5, 0.6) is 0 Å². The third-order valence-corrected chi connectivity index (χ3v) is 8.13. The molecule has 2 aromatic heterocycles. The van der Waals surface area contributed by atoms with Crippen LogP contribution in [0.15, 0.2) is 5.16 Å². The number of nitrogens with one attached hydrogen (secondary N) is 1. The van der Waals surface area contributed by atoms with Gasteiger partial charge in [-0.15, -0.1) is 21.5 Å². The summed E-state index contributed by atoms with van der Waals surface area (Å²) in [5.74, 6) is 0.290. The molecule has 1 aliphatic carbocycles. The molecule has 0 spiro atoms. The van der Waals surface area contributed by atoms with Crippen molar-refractivity contribution < 1.29 is 23.9 Å². The van der Waals surface area contributed by atoms with Gasteiger partial charge in [-0.1, -0.05) is 43.9 Å². The van der Waals surface area contributed by atoms with Gasteiger partial charge in [0.25, 0.3) is 0 Å². The van der Waals surface area contributed by atoms with Gasteiger partial charge in [0.05, 0.1) is 24.5 Å². The summed E-state index contributed by atoms with van der Waals surface area (Å²) >= 11 is 2.33. The van der Waals surface area contributed by atoms with E-state index in [1.165, 1.54) is 43.9 Å². The lowest BCUT2D eigenvalue weighted by Crippen LogP contribution is -2.17. The summed E-state index contributed by atoms with van der Waals surface area (Å²) in [5, 5.41) is 12.5. The molecule has 0 aromatic carbocycles. The molecular formula is C24H34N4O5S2. The number of esters is 2. The zero-order chi connectivity index (χ0) is 25.4. The molecule has 2 aromatic rings. The van der Waals surface area contributed by atoms with E-state index in [1.54, 1.807) is 20.8 Å². The van der Waals surface area contributed by atoms with E-state index in [0.717, 1.165) is 30.1 Å². The maximum absolute atomic E-state index is 12.8. The molecule has 0 saturated heterocycles. The monoisotopic (exact) mass is 522 g/mol. The fourth-order valence-electron chi connectivity index (χ4n) is 4.28. The van der Waals surface area contributed by atoms with E-state index in [1.807, 2.05) is 0 Å². The molecule has 0 unspecified atom stereocenters. The first kappa shape index (κ1) is 27.2. The standard InChI is InChI=1S/C24H34N4O5S2/c1-5-28-17(13-16-11-9-8-10-12-16)26-27-24(28)34-14-18(29)25-21-19(22(30)32-6-2)15(4)20(35-21)23(31)33-7-3/h16H,5-14H2,1-4H3,(H,25,29). The van der Waals surface area contributed by atoms with E-state index in [2.05, 4.69) is 27.0 Å². The molecular weight excluding hydrogens is 488 g/mol. The first-order valence-electron chi connectivity index (χ1n) is 12.2. The van der Waals surface area contributed by atoms with Gasteiger partial charge in [-0.25, -0.2) is 9.59 Å². The molecule has 1 fully saturated rings. The molecule has 0 bridgehead atoms. The Balaban J connectivity index is 1.69. The van der Waals surface area contributed by atoms with Crippen LogP contribution in [0.1, 0.15) is 84.3 Å². The number of carbonyl (C=O) groups is 3. The third kappa shape index (κ3) is 6.84. The van der Waals surface area contributed by atoms with Crippen molar-refractivity contribution in [3.05, 3.63) is 21.8 Å². The second-order valence-electron chi connectivity index (χ2n) is 8.39. The number of anilines is 1. The molecule has 2 heterocycles. The highest BCUT2D eigenvalue weighted by molar-refractivity contribution is 7.99. The predicted molar refractivity (Wildman–Crippen MR) is 136 cm³/mol. The van der Waals surface area contributed by atoms with Crippen LogP contribution in [-0.4, -0.2) is 51.6 Å². The molecule has 11 heteroatoms. The van der Waals surface area contributed by atoms with E-state index >= 15 is 0 Å². The quantitative estimate of drug-likeness (QED) is 0.328. The number of amides is 1. The Hall–Kier alpha value is -2.40. The highest BCUT2D eigenvalue weighted by Gasteiger charge is 2.27. The molecule has 3 rings (SSSR count). The molecule has 0 radical (unpaired) electrons. The molecule has 1 aliphatic rings. The fraction of sp³-hybridized carbons (Fsp3) is 0.625. The Kier molecular flexibility index (Phi) is 10.1. The summed E-state index contributed by atoms with van der Waals surface area (Å²) in [6, 6.07) is 0. The van der Waals surface area contributed by atoms with Crippen molar-refractivity contribution in [3.8, 4) is 0 Å². The van der Waals surface area contributed by atoms with Crippen molar-refractivity contribution in [1.29, 1.82) is 0 Å². The number of carbonyl (C=O) groups excluding carboxylic acids is 3. The molecule has 192 valence electrons. The summed E-state index contributed by atoms with van der Waals surface area (Å²) < 4.78 is 12.3. The zero-order valence-corrected chi connectivity index (χ0v) is 22.5. The van der Waals surface area contributed by atoms with Crippen molar-refractivity contribution in [3.63, 3.8) is 0 Å². The smallest absolute Gasteiger partial charge is 0.348 e. The van der Waals surface area contributed by atoms with Crippen molar-refractivity contribution in [1.82, 2.24) is 14.8 Å². The van der Waals surface area contributed by atoms with Gasteiger partial charge < -0.3 is 19.4 Å². The maximum atomic E-state index is 12.8. The Labute approximate surface area is 214 Å². The Morgan fingerprint density at radius 1 is 1.06 bits per heavy atom. The lowest BCUT2D eigenvalue weighted by molar-refractivity contribution is -0.113. The Bertz CT molecular complexity index is 1040. The summed E-state index contributed by atoms with van der Waals surface area (Å²) in [6.07, 6.45) is 7.26. The third-order valence-electron chi connectivity index (χ3n) is 5.98. The number of aromatic nitrogens is 3. The molecule has 1 amide bonds. The van der Waals surface area contributed by atoms with Crippen molar-refractivity contribution in [2.24, 2.45) is 5.92 Å². The first-order chi connectivity index (χ1) is 16.9. The summed E-state index contributed by atoms with van der Waals surface area (Å²) in [6.45, 7) is 8.24. The van der Waals surface area contributed by atoms with Gasteiger partial charge in [-0.2, -0.15) is 0 Å². The average Bonchev–Trinajstić information content (AvgIpc) is 3.38. The second-order valence-corrected chi connectivity index (χ2v) is 10.4. The second kappa shape index (κ2) is 13.1. The van der Waals surface area contributed by atoms with Gasteiger partial charge in [0.1, 0.15) is 15.7 Å². The highest BCUT2D eigenvalue weighted by Crippen LogP contribution is 2.35. The SMILES string of the molecule is CCOC(=O)c1sc(NC(=O)CSc2nnc(CC3CCCCC3)n2CC)c(C(=O)OCC)c1C. The Morgan fingerprint density at radius 3 is 2.40 bits per heavy atom. The van der Waals surface area contributed by atoms with Gasteiger partial charge in [0, 0.05) is 13.0 Å². The number of thiophene rings is 1. The van der Waals surface area contributed by atoms with Crippen LogP contribution < -0.4 is 5.32 Å². The molecule has 9 nitrogen and oxygen atoms in total. The summed E-state index contributed by atoms with van der Waals surface area (Å²) in [7, 11) is 0. The number of hydrogen-bond donors (Lipinski definition) is 1. The number of ether oxygens (including phenoxy) is 2. The highest BCUT2D eigenvalue weighted by atomic mass is 32.2. The normalized spacial score (nSPS) is 14.1. The van der Waals surface area contributed by atoms with E-state index in [4.69, 9.17) is 9.47 Å². The molecule has 1 saturated carbocycles. The number of thioether (sulfide) groups is 1.